The van der Waals surface area contributed by atoms with Gasteiger partial charge in [0.25, 0.3) is 0 Å². The van der Waals surface area contributed by atoms with Crippen LogP contribution in [0.15, 0.2) is 28.7 Å². The molecule has 1 atom stereocenters. The number of nitrogens with zero attached hydrogens (tertiary/aromatic N) is 1. The van der Waals surface area contributed by atoms with Crippen molar-refractivity contribution in [3.63, 3.8) is 0 Å². The molecule has 1 fully saturated rings. The largest absolute Gasteiger partial charge is 0.354 e. The van der Waals surface area contributed by atoms with Gasteiger partial charge in [-0.2, -0.15) is 0 Å². The number of nitrogens with one attached hydrogen (secondary N) is 2. The molecule has 0 aliphatic carbocycles. The second-order valence-electron chi connectivity index (χ2n) is 4.68. The summed E-state index contributed by atoms with van der Waals surface area (Å²) in [5, 5.41) is 5.73. The van der Waals surface area contributed by atoms with E-state index in [2.05, 4.69) is 26.6 Å². The highest BCUT2D eigenvalue weighted by molar-refractivity contribution is 9.10. The number of halogens is 2. The number of hydrogen-bond donors (Lipinski definition) is 2. The Morgan fingerprint density at radius 2 is 2.10 bits per heavy atom. The van der Waals surface area contributed by atoms with Crippen LogP contribution in [0, 0.1) is 5.92 Å². The summed E-state index contributed by atoms with van der Waals surface area (Å²) in [6.07, 6.45) is 0.561. The highest BCUT2D eigenvalue weighted by atomic mass is 79.9. The van der Waals surface area contributed by atoms with Crippen molar-refractivity contribution in [2.75, 3.05) is 31.6 Å². The van der Waals surface area contributed by atoms with Gasteiger partial charge < -0.3 is 15.5 Å². The predicted octanol–water partition coefficient (Wildman–Crippen LogP) is 1.56. The zero-order valence-corrected chi connectivity index (χ0v) is 14.2. The maximum Gasteiger partial charge on any atom is 0.239 e. The van der Waals surface area contributed by atoms with Crippen molar-refractivity contribution in [1.82, 2.24) is 10.6 Å². The molecule has 1 aromatic rings. The van der Waals surface area contributed by atoms with Crippen LogP contribution in [0.4, 0.5) is 5.69 Å². The third-order valence-corrected chi connectivity index (χ3v) is 4.01. The Labute approximate surface area is 139 Å². The molecule has 7 heteroatoms. The zero-order valence-electron chi connectivity index (χ0n) is 11.8. The number of para-hydroxylation sites is 1. The van der Waals surface area contributed by atoms with Crippen LogP contribution in [0.5, 0.6) is 0 Å². The number of anilines is 1. The summed E-state index contributed by atoms with van der Waals surface area (Å²) in [5.41, 5.74) is 0.822. The fourth-order valence-corrected chi connectivity index (χ4v) is 2.77. The van der Waals surface area contributed by atoms with Gasteiger partial charge in [-0.1, -0.05) is 12.1 Å². The van der Waals surface area contributed by atoms with Crippen LogP contribution in [0.2, 0.25) is 0 Å². The Hall–Kier alpha value is -1.11. The number of benzene rings is 1. The SMILES string of the molecule is CNCCNC(=O)C1CCN(c2ccccc2Br)C1=O.Cl. The predicted molar refractivity (Wildman–Crippen MR) is 88.8 cm³/mol. The molecule has 0 radical (unpaired) electrons. The summed E-state index contributed by atoms with van der Waals surface area (Å²) < 4.78 is 0.865. The molecule has 0 bridgehead atoms. The molecular weight excluding hydrogens is 358 g/mol. The minimum Gasteiger partial charge on any atom is -0.354 e. The molecule has 2 amide bonds. The van der Waals surface area contributed by atoms with Gasteiger partial charge in [-0.05, 0) is 41.5 Å². The van der Waals surface area contributed by atoms with E-state index in [1.807, 2.05) is 31.3 Å². The van der Waals surface area contributed by atoms with Crippen LogP contribution in [0.1, 0.15) is 6.42 Å². The summed E-state index contributed by atoms with van der Waals surface area (Å²) in [7, 11) is 1.82. The maximum atomic E-state index is 12.4. The van der Waals surface area contributed by atoms with Crippen molar-refractivity contribution in [2.45, 2.75) is 6.42 Å². The van der Waals surface area contributed by atoms with Gasteiger partial charge in [-0.25, -0.2) is 0 Å². The van der Waals surface area contributed by atoms with E-state index in [0.717, 1.165) is 10.2 Å². The summed E-state index contributed by atoms with van der Waals surface area (Å²) in [6.45, 7) is 1.81. The highest BCUT2D eigenvalue weighted by Gasteiger charge is 2.37. The van der Waals surface area contributed by atoms with Gasteiger partial charge in [0.15, 0.2) is 0 Å². The monoisotopic (exact) mass is 375 g/mol. The minimum absolute atomic E-state index is 0. The lowest BCUT2D eigenvalue weighted by Gasteiger charge is -2.18. The van der Waals surface area contributed by atoms with Crippen molar-refractivity contribution in [2.24, 2.45) is 5.92 Å². The highest BCUT2D eigenvalue weighted by Crippen LogP contribution is 2.31. The molecule has 0 spiro atoms. The van der Waals surface area contributed by atoms with E-state index in [-0.39, 0.29) is 24.2 Å². The van der Waals surface area contributed by atoms with Crippen molar-refractivity contribution in [1.29, 1.82) is 0 Å². The quantitative estimate of drug-likeness (QED) is 0.605. The topological polar surface area (TPSA) is 61.4 Å². The van der Waals surface area contributed by atoms with E-state index in [0.29, 0.717) is 26.1 Å². The molecule has 2 N–H and O–H groups in total. The number of likely N-dealkylation sites (N-methyl/N-ethyl adjacent to an activating group) is 1. The third-order valence-electron chi connectivity index (χ3n) is 3.34. The lowest BCUT2D eigenvalue weighted by molar-refractivity contribution is -0.132. The smallest absolute Gasteiger partial charge is 0.239 e. The van der Waals surface area contributed by atoms with Gasteiger partial charge >= 0.3 is 0 Å². The molecule has 116 valence electrons. The first-order chi connectivity index (χ1) is 9.65. The summed E-state index contributed by atoms with van der Waals surface area (Å²) >= 11 is 3.44. The number of amides is 2. The molecule has 0 aromatic heterocycles. The second kappa shape index (κ2) is 8.36. The van der Waals surface area contributed by atoms with Crippen molar-refractivity contribution >= 4 is 45.8 Å². The summed E-state index contributed by atoms with van der Waals surface area (Å²) in [5.74, 6) is -0.877. The van der Waals surface area contributed by atoms with Crippen molar-refractivity contribution in [3.8, 4) is 0 Å². The normalized spacial score (nSPS) is 17.5. The Morgan fingerprint density at radius 3 is 2.76 bits per heavy atom. The zero-order chi connectivity index (χ0) is 14.5. The average molecular weight is 377 g/mol. The number of carbonyl (C=O) groups excluding carboxylic acids is 2. The van der Waals surface area contributed by atoms with Gasteiger partial charge in [0.1, 0.15) is 5.92 Å². The van der Waals surface area contributed by atoms with Crippen LogP contribution in [-0.4, -0.2) is 38.5 Å². The molecule has 1 aromatic carbocycles. The fraction of sp³-hybridized carbons (Fsp3) is 0.429. The Morgan fingerprint density at radius 1 is 1.38 bits per heavy atom. The Kier molecular flexibility index (Phi) is 7.14. The molecule has 5 nitrogen and oxygen atoms in total. The van der Waals surface area contributed by atoms with Crippen molar-refractivity contribution < 1.29 is 9.59 Å². The molecule has 0 saturated carbocycles. The van der Waals surface area contributed by atoms with Crippen LogP contribution in [-0.2, 0) is 9.59 Å². The van der Waals surface area contributed by atoms with Gasteiger partial charge in [-0.3, -0.25) is 9.59 Å². The van der Waals surface area contributed by atoms with Crippen LogP contribution in [0.3, 0.4) is 0 Å². The first-order valence-electron chi connectivity index (χ1n) is 6.63. The van der Waals surface area contributed by atoms with E-state index < -0.39 is 5.92 Å². The lowest BCUT2D eigenvalue weighted by atomic mass is 10.1. The van der Waals surface area contributed by atoms with Crippen LogP contribution < -0.4 is 15.5 Å². The molecule has 1 unspecified atom stereocenters. The first-order valence-corrected chi connectivity index (χ1v) is 7.42. The van der Waals surface area contributed by atoms with Gasteiger partial charge in [0.05, 0.1) is 5.69 Å². The number of carbonyl (C=O) groups is 2. The molecule has 1 aliphatic rings. The third kappa shape index (κ3) is 4.18. The molecular formula is C14H19BrClN3O2. The van der Waals surface area contributed by atoms with Gasteiger partial charge in [-0.15, -0.1) is 12.4 Å². The lowest BCUT2D eigenvalue weighted by Crippen LogP contribution is -2.39. The first kappa shape index (κ1) is 17.9. The van der Waals surface area contributed by atoms with Gasteiger partial charge in [0.2, 0.25) is 11.8 Å². The van der Waals surface area contributed by atoms with E-state index in [9.17, 15) is 9.59 Å². The molecule has 21 heavy (non-hydrogen) atoms. The Bertz CT molecular complexity index is 513. The van der Waals surface area contributed by atoms with E-state index >= 15 is 0 Å². The molecule has 1 saturated heterocycles. The van der Waals surface area contributed by atoms with Crippen molar-refractivity contribution in [3.05, 3.63) is 28.7 Å². The standard InChI is InChI=1S/C14H18BrN3O2.ClH/c1-16-7-8-17-13(19)10-6-9-18(14(10)20)12-5-3-2-4-11(12)15;/h2-5,10,16H,6-9H2,1H3,(H,17,19);1H. The Balaban J connectivity index is 0.00000220. The van der Waals surface area contributed by atoms with E-state index in [1.54, 1.807) is 4.90 Å². The van der Waals surface area contributed by atoms with Crippen LogP contribution in [0.25, 0.3) is 0 Å². The number of hydrogen-bond acceptors (Lipinski definition) is 3. The maximum absolute atomic E-state index is 12.4. The van der Waals surface area contributed by atoms with E-state index in [1.165, 1.54) is 0 Å². The summed E-state index contributed by atoms with van der Waals surface area (Å²) in [6, 6.07) is 7.55. The minimum atomic E-state index is -0.570. The van der Waals surface area contributed by atoms with Crippen LogP contribution >= 0.6 is 28.3 Å². The number of rotatable bonds is 5. The van der Waals surface area contributed by atoms with Gasteiger partial charge in [0, 0.05) is 24.1 Å². The van der Waals surface area contributed by atoms with E-state index in [4.69, 9.17) is 0 Å². The molecule has 1 heterocycles. The average Bonchev–Trinajstić information content (AvgIpc) is 2.81. The summed E-state index contributed by atoms with van der Waals surface area (Å²) in [4.78, 5) is 26.0. The molecule has 1 aliphatic heterocycles. The second-order valence-corrected chi connectivity index (χ2v) is 5.53. The molecule has 2 rings (SSSR count). The fourth-order valence-electron chi connectivity index (χ4n) is 2.27.